The van der Waals surface area contributed by atoms with Gasteiger partial charge >= 0.3 is 24.1 Å². The second-order valence-electron chi connectivity index (χ2n) is 15.7. The zero-order valence-corrected chi connectivity index (χ0v) is 34.1. The molecule has 0 saturated carbocycles. The highest BCUT2D eigenvalue weighted by Gasteiger charge is 2.38. The average Bonchev–Trinajstić information content (AvgIpc) is 3.39. The maximum atomic E-state index is 14.1. The Morgan fingerprint density at radius 3 is 2.00 bits per heavy atom. The van der Waals surface area contributed by atoms with Gasteiger partial charge in [0.25, 0.3) is 0 Å². The fourth-order valence-corrected chi connectivity index (χ4v) is 8.47. The average molecular weight is 868 g/mol. The van der Waals surface area contributed by atoms with E-state index in [-0.39, 0.29) is 47.3 Å². The van der Waals surface area contributed by atoms with E-state index in [1.165, 1.54) is 6.07 Å². The Balaban J connectivity index is 0.000000606. The molecule has 60 heavy (non-hydrogen) atoms. The van der Waals surface area contributed by atoms with Crippen LogP contribution in [-0.2, 0) is 38.2 Å². The van der Waals surface area contributed by atoms with E-state index in [0.29, 0.717) is 51.6 Å². The zero-order chi connectivity index (χ0) is 43.9. The molecule has 4 heterocycles. The molecule has 0 radical (unpaired) electrons. The lowest BCUT2D eigenvalue weighted by Crippen LogP contribution is -2.53. The third kappa shape index (κ3) is 11.8. The van der Waals surface area contributed by atoms with Crippen molar-refractivity contribution < 1.29 is 57.6 Å². The summed E-state index contributed by atoms with van der Waals surface area (Å²) in [5, 5.41) is 35.3. The van der Waals surface area contributed by atoms with E-state index in [0.717, 1.165) is 62.8 Å². The number of carboxylic acid groups (broad SMARTS) is 2. The summed E-state index contributed by atoms with van der Waals surface area (Å²) in [6, 6.07) is 10.3. The van der Waals surface area contributed by atoms with Crippen molar-refractivity contribution in [1.29, 1.82) is 0 Å². The standard InChI is InChI=1S/C36H47ClF3N7O3.C4H6O6/c1-43-16-18-44(19-17-43)27-7-13-46(14-8-27)34(49)26(20-24-21-29(36(38,39)40)33(41)30(37)22-24)23-32(48)45-11-9-28(10-12-45)47-15-6-25-4-2-3-5-31(25)42-35(47)50;5-1(3(7)8)2(6)4(9)10/h2-5,21-22,26-28H,6-20,23,41H2,1H3,(H,42,50);1-2,5-6H,(H,7,8)(H,9,10)/t26-;/m0./s1. The number of carboxylic acids is 2. The number of hydrogen-bond donors (Lipinski definition) is 6. The molecule has 4 aliphatic rings. The molecule has 2 aromatic carbocycles. The van der Waals surface area contributed by atoms with E-state index in [1.54, 1.807) is 9.80 Å². The fraction of sp³-hybridized carbons (Fsp3) is 0.575. The summed E-state index contributed by atoms with van der Waals surface area (Å²) in [6.07, 6.45) is -5.92. The summed E-state index contributed by atoms with van der Waals surface area (Å²) >= 11 is 6.15. The van der Waals surface area contributed by atoms with Gasteiger partial charge < -0.3 is 51.1 Å². The van der Waals surface area contributed by atoms with Crippen molar-refractivity contribution in [2.24, 2.45) is 5.92 Å². The summed E-state index contributed by atoms with van der Waals surface area (Å²) in [4.78, 5) is 70.7. The maximum absolute atomic E-state index is 14.1. The first-order valence-corrected chi connectivity index (χ1v) is 20.3. The number of amides is 4. The molecule has 3 atom stereocenters. The van der Waals surface area contributed by atoms with Gasteiger partial charge in [0, 0.05) is 83.1 Å². The molecule has 4 amide bonds. The highest BCUT2D eigenvalue weighted by atomic mass is 35.5. The van der Waals surface area contributed by atoms with Gasteiger partial charge in [0.1, 0.15) is 0 Å². The number of anilines is 2. The predicted molar refractivity (Wildman–Crippen MR) is 214 cm³/mol. The van der Waals surface area contributed by atoms with Gasteiger partial charge in [-0.25, -0.2) is 14.4 Å². The van der Waals surface area contributed by atoms with E-state index < -0.39 is 47.5 Å². The third-order valence-corrected chi connectivity index (χ3v) is 12.1. The first kappa shape index (κ1) is 46.4. The number of aliphatic carboxylic acids is 2. The number of urea groups is 1. The van der Waals surface area contributed by atoms with Crippen LogP contribution in [0.25, 0.3) is 0 Å². The number of carbonyl (C=O) groups excluding carboxylic acids is 3. The Hall–Kier alpha value is -4.69. The molecule has 3 saturated heterocycles. The van der Waals surface area contributed by atoms with Crippen LogP contribution in [0.5, 0.6) is 0 Å². The molecule has 330 valence electrons. The van der Waals surface area contributed by atoms with Gasteiger partial charge in [-0.3, -0.25) is 14.5 Å². The minimum atomic E-state index is -4.72. The number of aliphatic hydroxyl groups excluding tert-OH is 2. The van der Waals surface area contributed by atoms with Crippen LogP contribution in [0.3, 0.4) is 0 Å². The Kier molecular flexibility index (Phi) is 15.7. The molecule has 0 spiro atoms. The van der Waals surface area contributed by atoms with E-state index in [2.05, 4.69) is 22.2 Å². The Labute approximate surface area is 350 Å². The molecule has 0 aromatic heterocycles. The van der Waals surface area contributed by atoms with Crippen molar-refractivity contribution in [3.8, 4) is 0 Å². The van der Waals surface area contributed by atoms with E-state index in [4.69, 9.17) is 37.8 Å². The van der Waals surface area contributed by atoms with Crippen molar-refractivity contribution in [3.63, 3.8) is 0 Å². The van der Waals surface area contributed by atoms with Crippen LogP contribution in [0.1, 0.15) is 48.8 Å². The molecule has 0 bridgehead atoms. The number of alkyl halides is 3. The number of fused-ring (bicyclic) bond motifs is 1. The number of piperazine rings is 1. The number of carbonyl (C=O) groups is 5. The number of hydrogen-bond acceptors (Lipinski definition) is 10. The van der Waals surface area contributed by atoms with Crippen LogP contribution < -0.4 is 11.1 Å². The maximum Gasteiger partial charge on any atom is 0.418 e. The summed E-state index contributed by atoms with van der Waals surface area (Å²) < 4.78 is 41.5. The smallest absolute Gasteiger partial charge is 0.418 e. The number of halogens is 4. The Bertz CT molecular complexity index is 1850. The van der Waals surface area contributed by atoms with Gasteiger partial charge in [0.05, 0.1) is 22.2 Å². The SMILES string of the molecule is CN1CCN(C2CCN(C(=O)[C@H](CC(=O)N3CCC(N4CCc5ccccc5NC4=O)CC3)Cc3cc(Cl)c(N)c(C(F)(F)F)c3)CC2)CC1.O=C(O)C(O)C(O)C(=O)O. The minimum Gasteiger partial charge on any atom is -0.479 e. The summed E-state index contributed by atoms with van der Waals surface area (Å²) in [6.45, 7) is 6.46. The molecule has 0 aliphatic carbocycles. The number of nitrogens with two attached hydrogens (primary N) is 1. The lowest BCUT2D eigenvalue weighted by Gasteiger charge is -2.42. The highest BCUT2D eigenvalue weighted by molar-refractivity contribution is 6.33. The van der Waals surface area contributed by atoms with Crippen LogP contribution in [0.4, 0.5) is 29.3 Å². The summed E-state index contributed by atoms with van der Waals surface area (Å²) in [7, 11) is 2.11. The van der Waals surface area contributed by atoms with Crippen molar-refractivity contribution in [2.75, 3.05) is 77.0 Å². The minimum absolute atomic E-state index is 0.0369. The third-order valence-electron chi connectivity index (χ3n) is 11.8. The number of para-hydroxylation sites is 1. The monoisotopic (exact) mass is 867 g/mol. The van der Waals surface area contributed by atoms with Gasteiger partial charge in [-0.1, -0.05) is 29.8 Å². The van der Waals surface area contributed by atoms with Crippen molar-refractivity contribution >= 4 is 52.8 Å². The summed E-state index contributed by atoms with van der Waals surface area (Å²) in [5.74, 6) is -4.85. The number of nitrogens with one attached hydrogen (secondary N) is 1. The molecule has 2 unspecified atom stereocenters. The number of aliphatic hydroxyl groups is 2. The predicted octanol–water partition coefficient (Wildman–Crippen LogP) is 2.69. The number of nitrogen functional groups attached to an aromatic ring is 1. The molecule has 16 nitrogen and oxygen atoms in total. The second-order valence-corrected chi connectivity index (χ2v) is 16.2. The lowest BCUT2D eigenvalue weighted by molar-refractivity contribution is -0.165. The Morgan fingerprint density at radius 1 is 0.850 bits per heavy atom. The quantitative estimate of drug-likeness (QED) is 0.190. The number of likely N-dealkylation sites (tertiary alicyclic amines) is 2. The van der Waals surface area contributed by atoms with Crippen LogP contribution in [0.15, 0.2) is 36.4 Å². The van der Waals surface area contributed by atoms with Gasteiger partial charge in [0.15, 0.2) is 12.2 Å². The highest BCUT2D eigenvalue weighted by Crippen LogP contribution is 2.39. The van der Waals surface area contributed by atoms with Crippen LogP contribution in [0.2, 0.25) is 5.02 Å². The van der Waals surface area contributed by atoms with Crippen molar-refractivity contribution in [1.82, 2.24) is 24.5 Å². The lowest BCUT2D eigenvalue weighted by atomic mass is 9.91. The van der Waals surface area contributed by atoms with Gasteiger partial charge in [0.2, 0.25) is 11.8 Å². The number of benzene rings is 2. The van der Waals surface area contributed by atoms with Gasteiger partial charge in [-0.05, 0) is 74.9 Å². The molecule has 7 N–H and O–H groups in total. The largest absolute Gasteiger partial charge is 0.479 e. The van der Waals surface area contributed by atoms with Crippen molar-refractivity contribution in [3.05, 3.63) is 58.1 Å². The van der Waals surface area contributed by atoms with E-state index in [9.17, 15) is 37.1 Å². The molecular formula is C40H53ClF3N7O9. The number of nitrogens with zero attached hydrogens (tertiary/aromatic N) is 5. The molecule has 20 heteroatoms. The van der Waals surface area contributed by atoms with Crippen LogP contribution in [-0.4, -0.2) is 165 Å². The number of piperidine rings is 2. The number of likely N-dealkylation sites (N-methyl/N-ethyl adjacent to an activating group) is 1. The normalized spacial score (nSPS) is 20.2. The summed E-state index contributed by atoms with van der Waals surface area (Å²) in [5.41, 5.74) is 6.19. The molecular weight excluding hydrogens is 815 g/mol. The second kappa shape index (κ2) is 20.2. The molecule has 6 rings (SSSR count). The molecule has 2 aromatic rings. The molecule has 3 fully saturated rings. The first-order valence-electron chi connectivity index (χ1n) is 20.0. The zero-order valence-electron chi connectivity index (χ0n) is 33.3. The topological polar surface area (TPSA) is 221 Å². The first-order chi connectivity index (χ1) is 28.3. The van der Waals surface area contributed by atoms with Crippen molar-refractivity contribution in [2.45, 2.75) is 75.4 Å². The molecule has 4 aliphatic heterocycles. The van der Waals surface area contributed by atoms with Gasteiger partial charge in [-0.2, -0.15) is 13.2 Å². The van der Waals surface area contributed by atoms with Gasteiger partial charge in [-0.15, -0.1) is 0 Å². The van der Waals surface area contributed by atoms with E-state index >= 15 is 0 Å². The van der Waals surface area contributed by atoms with Crippen LogP contribution >= 0.6 is 11.6 Å². The fourth-order valence-electron chi connectivity index (χ4n) is 8.23. The number of rotatable bonds is 10. The Morgan fingerprint density at radius 2 is 1.42 bits per heavy atom. The van der Waals surface area contributed by atoms with Crippen LogP contribution in [0, 0.1) is 5.92 Å². The van der Waals surface area contributed by atoms with E-state index in [1.807, 2.05) is 29.2 Å².